The zero-order chi connectivity index (χ0) is 9.31. The minimum atomic E-state index is -0.828. The third-order valence-corrected chi connectivity index (χ3v) is 2.63. The van der Waals surface area contributed by atoms with E-state index in [9.17, 15) is 9.18 Å². The molecule has 0 radical (unpaired) electrons. The fourth-order valence-corrected chi connectivity index (χ4v) is 1.79. The highest BCUT2D eigenvalue weighted by atomic mass is 19.1. The van der Waals surface area contributed by atoms with Gasteiger partial charge in [-0.15, -0.1) is 0 Å². The highest BCUT2D eigenvalue weighted by Crippen LogP contribution is 2.43. The van der Waals surface area contributed by atoms with Gasteiger partial charge >= 0.3 is 0 Å². The minimum absolute atomic E-state index is 0.308. The number of hydrogen-bond donors (Lipinski definition) is 0. The van der Waals surface area contributed by atoms with Crippen molar-refractivity contribution in [2.75, 3.05) is 0 Å². The summed E-state index contributed by atoms with van der Waals surface area (Å²) in [6, 6.07) is 3.60. The lowest BCUT2D eigenvalue weighted by Crippen LogP contribution is -2.44. The molecule has 0 saturated heterocycles. The largest absolute Gasteiger partial charge is 0.302 e. The van der Waals surface area contributed by atoms with Crippen molar-refractivity contribution in [1.82, 2.24) is 4.98 Å². The molecular weight excluding hydrogens is 169 g/mol. The van der Waals surface area contributed by atoms with Crippen LogP contribution in [-0.4, -0.2) is 17.4 Å². The maximum Gasteiger partial charge on any atom is 0.130 e. The summed E-state index contributed by atoms with van der Waals surface area (Å²) < 4.78 is 12.7. The summed E-state index contributed by atoms with van der Waals surface area (Å²) in [5, 5.41) is 0. The van der Waals surface area contributed by atoms with E-state index in [0.29, 0.717) is 12.8 Å². The van der Waals surface area contributed by atoms with Gasteiger partial charge in [0.25, 0.3) is 0 Å². The molecule has 0 spiro atoms. The number of hydrogen-bond acceptors (Lipinski definition) is 2. The van der Waals surface area contributed by atoms with Gasteiger partial charge in [-0.1, -0.05) is 6.07 Å². The van der Waals surface area contributed by atoms with Crippen molar-refractivity contribution in [2.45, 2.75) is 24.4 Å². The van der Waals surface area contributed by atoms with E-state index in [-0.39, 0.29) is 0 Å². The Kier molecular flexibility index (Phi) is 1.87. The average molecular weight is 179 g/mol. The van der Waals surface area contributed by atoms with E-state index >= 15 is 0 Å². The number of carbonyl (C=O) groups is 1. The molecule has 68 valence electrons. The molecule has 1 aliphatic carbocycles. The van der Waals surface area contributed by atoms with Gasteiger partial charge in [0, 0.05) is 12.4 Å². The molecule has 1 aromatic rings. The van der Waals surface area contributed by atoms with Crippen molar-refractivity contribution in [1.29, 1.82) is 0 Å². The maximum atomic E-state index is 12.7. The summed E-state index contributed by atoms with van der Waals surface area (Å²) >= 11 is 0. The van der Waals surface area contributed by atoms with Crippen LogP contribution in [0.4, 0.5) is 4.39 Å². The number of aromatic nitrogens is 1. The molecule has 0 N–H and O–H groups in total. The van der Waals surface area contributed by atoms with Gasteiger partial charge in [0.2, 0.25) is 0 Å². The topological polar surface area (TPSA) is 30.0 Å². The summed E-state index contributed by atoms with van der Waals surface area (Å²) in [7, 11) is 0. The summed E-state index contributed by atoms with van der Waals surface area (Å²) in [6.07, 6.45) is 3.92. The molecule has 0 bridgehead atoms. The normalized spacial score (nSPS) is 32.2. The van der Waals surface area contributed by atoms with E-state index in [1.54, 1.807) is 18.5 Å². The van der Waals surface area contributed by atoms with E-state index in [1.165, 1.54) is 0 Å². The van der Waals surface area contributed by atoms with Crippen LogP contribution in [0.15, 0.2) is 24.5 Å². The Hall–Kier alpha value is -1.25. The molecule has 0 unspecified atom stereocenters. The molecule has 1 saturated carbocycles. The molecule has 1 aromatic heterocycles. The second kappa shape index (κ2) is 2.91. The molecule has 2 nitrogen and oxygen atoms in total. The summed E-state index contributed by atoms with van der Waals surface area (Å²) in [4.78, 5) is 14.8. The monoisotopic (exact) mass is 179 g/mol. The molecule has 0 aromatic carbocycles. The van der Waals surface area contributed by atoms with E-state index in [4.69, 9.17) is 0 Å². The molecule has 3 heteroatoms. The van der Waals surface area contributed by atoms with Gasteiger partial charge in [0.05, 0.1) is 5.41 Å². The van der Waals surface area contributed by atoms with Crippen molar-refractivity contribution in [2.24, 2.45) is 0 Å². The fourth-order valence-electron chi connectivity index (χ4n) is 1.79. The van der Waals surface area contributed by atoms with Crippen LogP contribution in [0.3, 0.4) is 0 Å². The Labute approximate surface area is 75.8 Å². The number of alkyl halides is 1. The molecule has 1 heterocycles. The first-order valence-corrected chi connectivity index (χ1v) is 4.28. The van der Waals surface area contributed by atoms with Crippen molar-refractivity contribution < 1.29 is 9.18 Å². The molecule has 1 fully saturated rings. The van der Waals surface area contributed by atoms with Crippen LogP contribution in [0.25, 0.3) is 0 Å². The van der Waals surface area contributed by atoms with E-state index < -0.39 is 11.6 Å². The van der Waals surface area contributed by atoms with Crippen molar-refractivity contribution in [3.63, 3.8) is 0 Å². The number of halogens is 1. The molecule has 13 heavy (non-hydrogen) atoms. The van der Waals surface area contributed by atoms with Gasteiger partial charge in [0.1, 0.15) is 12.5 Å². The Morgan fingerprint density at radius 1 is 1.62 bits per heavy atom. The number of aldehydes is 1. The SMILES string of the molecule is O=CC1(c2cccnc2)CC(F)C1. The lowest BCUT2D eigenvalue weighted by molar-refractivity contribution is -0.117. The third-order valence-electron chi connectivity index (χ3n) is 2.63. The first kappa shape index (κ1) is 8.35. The number of carbonyl (C=O) groups excluding carboxylic acids is 1. The average Bonchev–Trinajstić information content (AvgIpc) is 2.14. The van der Waals surface area contributed by atoms with Gasteiger partial charge in [-0.2, -0.15) is 0 Å². The predicted molar refractivity (Wildman–Crippen MR) is 46.1 cm³/mol. The smallest absolute Gasteiger partial charge is 0.130 e. The summed E-state index contributed by atoms with van der Waals surface area (Å²) in [6.45, 7) is 0. The summed E-state index contributed by atoms with van der Waals surface area (Å²) in [5.74, 6) is 0. The van der Waals surface area contributed by atoms with Gasteiger partial charge in [-0.3, -0.25) is 4.98 Å². The lowest BCUT2D eigenvalue weighted by atomic mass is 9.65. The van der Waals surface area contributed by atoms with Crippen LogP contribution in [-0.2, 0) is 10.2 Å². The highest BCUT2D eigenvalue weighted by Gasteiger charge is 2.46. The maximum absolute atomic E-state index is 12.7. The van der Waals surface area contributed by atoms with Crippen LogP contribution in [0.1, 0.15) is 18.4 Å². The fraction of sp³-hybridized carbons (Fsp3) is 0.400. The number of nitrogens with zero attached hydrogens (tertiary/aromatic N) is 1. The van der Waals surface area contributed by atoms with Gasteiger partial charge in [0.15, 0.2) is 0 Å². The van der Waals surface area contributed by atoms with Crippen molar-refractivity contribution >= 4 is 6.29 Å². The number of rotatable bonds is 2. The Bertz CT molecular complexity index is 306. The van der Waals surface area contributed by atoms with E-state index in [0.717, 1.165) is 11.8 Å². The molecule has 0 amide bonds. The second-order valence-corrected chi connectivity index (χ2v) is 3.52. The Morgan fingerprint density at radius 3 is 2.85 bits per heavy atom. The van der Waals surface area contributed by atoms with Gasteiger partial charge in [-0.05, 0) is 24.5 Å². The molecular formula is C10H10FNO. The minimum Gasteiger partial charge on any atom is -0.302 e. The number of pyridine rings is 1. The second-order valence-electron chi connectivity index (χ2n) is 3.52. The third kappa shape index (κ3) is 1.24. The first-order chi connectivity index (χ1) is 6.27. The molecule has 0 aliphatic heterocycles. The molecule has 2 rings (SSSR count). The van der Waals surface area contributed by atoms with Gasteiger partial charge in [-0.25, -0.2) is 4.39 Å². The Morgan fingerprint density at radius 2 is 2.38 bits per heavy atom. The first-order valence-electron chi connectivity index (χ1n) is 4.28. The van der Waals surface area contributed by atoms with Crippen LogP contribution in [0.5, 0.6) is 0 Å². The van der Waals surface area contributed by atoms with E-state index in [2.05, 4.69) is 4.98 Å². The van der Waals surface area contributed by atoms with Gasteiger partial charge < -0.3 is 4.79 Å². The quantitative estimate of drug-likeness (QED) is 0.646. The predicted octanol–water partition coefficient (Wildman–Crippen LogP) is 1.65. The standard InChI is InChI=1S/C10H10FNO/c11-9-4-10(5-9,7-13)8-2-1-3-12-6-8/h1-3,6-7,9H,4-5H2. The van der Waals surface area contributed by atoms with Crippen molar-refractivity contribution in [3.8, 4) is 0 Å². The Balaban J connectivity index is 2.29. The molecule has 1 aliphatic rings. The van der Waals surface area contributed by atoms with Crippen LogP contribution in [0, 0.1) is 0 Å². The van der Waals surface area contributed by atoms with Crippen LogP contribution in [0.2, 0.25) is 0 Å². The van der Waals surface area contributed by atoms with E-state index in [1.807, 2.05) is 6.07 Å². The van der Waals surface area contributed by atoms with Crippen molar-refractivity contribution in [3.05, 3.63) is 30.1 Å². The van der Waals surface area contributed by atoms with Crippen LogP contribution < -0.4 is 0 Å². The zero-order valence-electron chi connectivity index (χ0n) is 7.11. The zero-order valence-corrected chi connectivity index (χ0v) is 7.11. The van der Waals surface area contributed by atoms with Crippen LogP contribution >= 0.6 is 0 Å². The highest BCUT2D eigenvalue weighted by molar-refractivity contribution is 5.70. The molecule has 0 atom stereocenters. The summed E-state index contributed by atoms with van der Waals surface area (Å²) in [5.41, 5.74) is 0.243. The lowest BCUT2D eigenvalue weighted by Gasteiger charge is -2.39.